The van der Waals surface area contributed by atoms with E-state index >= 15 is 0 Å². The molecule has 0 atom stereocenters. The first-order valence-corrected chi connectivity index (χ1v) is 7.78. The number of para-hydroxylation sites is 1. The van der Waals surface area contributed by atoms with Gasteiger partial charge in [-0.25, -0.2) is 0 Å². The molecule has 0 radical (unpaired) electrons. The van der Waals surface area contributed by atoms with Crippen LogP contribution in [0.4, 0.5) is 0 Å². The number of rotatable bonds is 6. The Bertz CT molecular complexity index is 566. The Labute approximate surface area is 122 Å². The average Bonchev–Trinajstić information content (AvgIpc) is 2.73. The van der Waals surface area contributed by atoms with Gasteiger partial charge in [-0.15, -0.1) is 0 Å². The first-order chi connectivity index (χ1) is 9.54. The highest BCUT2D eigenvalue weighted by atomic mass is 16.3. The van der Waals surface area contributed by atoms with Gasteiger partial charge in [-0.3, -0.25) is 0 Å². The van der Waals surface area contributed by atoms with Crippen LogP contribution in [0.5, 0.6) is 0 Å². The van der Waals surface area contributed by atoms with Gasteiger partial charge in [-0.2, -0.15) is 0 Å². The molecule has 0 aliphatic heterocycles. The van der Waals surface area contributed by atoms with Gasteiger partial charge in [0.1, 0.15) is 11.3 Å². The maximum Gasteiger partial charge on any atom is 0.138 e. The Balaban J connectivity index is 2.55. The van der Waals surface area contributed by atoms with Crippen LogP contribution in [-0.4, -0.2) is 6.54 Å². The van der Waals surface area contributed by atoms with Crippen molar-refractivity contribution in [3.63, 3.8) is 0 Å². The van der Waals surface area contributed by atoms with Gasteiger partial charge in [0.05, 0.1) is 6.54 Å². The summed E-state index contributed by atoms with van der Waals surface area (Å²) < 4.78 is 6.23. The number of furan rings is 1. The Kier molecular flexibility index (Phi) is 4.87. The third kappa shape index (κ3) is 3.06. The monoisotopic (exact) mass is 273 g/mol. The van der Waals surface area contributed by atoms with E-state index in [-0.39, 0.29) is 0 Å². The van der Waals surface area contributed by atoms with E-state index in [1.54, 1.807) is 0 Å². The summed E-state index contributed by atoms with van der Waals surface area (Å²) in [6.07, 6.45) is 1.08. The van der Waals surface area contributed by atoms with Crippen LogP contribution in [0.2, 0.25) is 0 Å². The summed E-state index contributed by atoms with van der Waals surface area (Å²) in [4.78, 5) is 0. The second-order valence-electron chi connectivity index (χ2n) is 6.26. The molecule has 0 saturated carbocycles. The molecular weight excluding hydrogens is 246 g/mol. The molecule has 20 heavy (non-hydrogen) atoms. The molecule has 1 heterocycles. The smallest absolute Gasteiger partial charge is 0.138 e. The molecule has 2 nitrogen and oxygen atoms in total. The lowest BCUT2D eigenvalue weighted by atomic mass is 9.96. The minimum absolute atomic E-state index is 0.490. The molecule has 0 unspecified atom stereocenters. The molecule has 0 saturated heterocycles. The zero-order chi connectivity index (χ0) is 14.7. The Hall–Kier alpha value is -1.28. The van der Waals surface area contributed by atoms with Crippen LogP contribution in [0, 0.1) is 5.92 Å². The van der Waals surface area contributed by atoms with Crippen molar-refractivity contribution in [2.75, 3.05) is 6.54 Å². The zero-order valence-corrected chi connectivity index (χ0v) is 13.4. The molecule has 0 fully saturated rings. The van der Waals surface area contributed by atoms with Crippen LogP contribution in [0.15, 0.2) is 22.6 Å². The van der Waals surface area contributed by atoms with Crippen molar-refractivity contribution in [3.05, 3.63) is 35.1 Å². The summed E-state index contributed by atoms with van der Waals surface area (Å²) in [6, 6.07) is 6.55. The Morgan fingerprint density at radius 1 is 1.15 bits per heavy atom. The van der Waals surface area contributed by atoms with E-state index in [1.165, 1.54) is 16.5 Å². The second kappa shape index (κ2) is 6.45. The largest absolute Gasteiger partial charge is 0.459 e. The van der Waals surface area contributed by atoms with E-state index in [1.807, 2.05) is 0 Å². The number of hydrogen-bond donors (Lipinski definition) is 1. The maximum atomic E-state index is 6.23. The predicted molar refractivity (Wildman–Crippen MR) is 86.2 cm³/mol. The molecule has 2 heteroatoms. The molecule has 0 aliphatic carbocycles. The van der Waals surface area contributed by atoms with Gasteiger partial charge in [0.2, 0.25) is 0 Å². The van der Waals surface area contributed by atoms with Crippen molar-refractivity contribution in [2.24, 2.45) is 5.92 Å². The van der Waals surface area contributed by atoms with Crippen molar-refractivity contribution in [1.29, 1.82) is 0 Å². The van der Waals surface area contributed by atoms with Crippen molar-refractivity contribution in [3.8, 4) is 0 Å². The first kappa shape index (κ1) is 15.1. The summed E-state index contributed by atoms with van der Waals surface area (Å²) in [5.41, 5.74) is 3.79. The van der Waals surface area contributed by atoms with Crippen LogP contribution < -0.4 is 5.32 Å². The van der Waals surface area contributed by atoms with Crippen LogP contribution in [0.1, 0.15) is 57.4 Å². The predicted octanol–water partition coefficient (Wildman–Crippen LogP) is 4.86. The van der Waals surface area contributed by atoms with Crippen molar-refractivity contribution in [2.45, 2.75) is 53.5 Å². The minimum Gasteiger partial charge on any atom is -0.459 e. The first-order valence-electron chi connectivity index (χ1n) is 7.78. The van der Waals surface area contributed by atoms with Gasteiger partial charge in [-0.1, -0.05) is 52.8 Å². The highest BCUT2D eigenvalue weighted by molar-refractivity contribution is 5.85. The normalized spacial score (nSPS) is 11.9. The zero-order valence-electron chi connectivity index (χ0n) is 13.4. The lowest BCUT2D eigenvalue weighted by molar-refractivity contribution is 0.503. The Morgan fingerprint density at radius 2 is 1.90 bits per heavy atom. The van der Waals surface area contributed by atoms with E-state index < -0.39 is 0 Å². The molecule has 0 aliphatic rings. The van der Waals surface area contributed by atoms with Crippen LogP contribution in [-0.2, 0) is 13.0 Å². The lowest BCUT2D eigenvalue weighted by Gasteiger charge is -2.07. The van der Waals surface area contributed by atoms with Crippen molar-refractivity contribution in [1.82, 2.24) is 5.32 Å². The summed E-state index contributed by atoms with van der Waals surface area (Å²) in [5, 5.41) is 4.70. The van der Waals surface area contributed by atoms with E-state index in [0.29, 0.717) is 11.8 Å². The third-order valence-corrected chi connectivity index (χ3v) is 3.70. The molecule has 0 spiro atoms. The fraction of sp³-hybridized carbons (Fsp3) is 0.556. The molecule has 2 aromatic rings. The standard InChI is InChI=1S/C18H27NO/c1-6-19-11-17-16(10-12(2)3)15-9-7-8-14(13(4)5)18(15)20-17/h7-9,12-13,19H,6,10-11H2,1-5H3. The maximum absolute atomic E-state index is 6.23. The number of hydrogen-bond acceptors (Lipinski definition) is 2. The van der Waals surface area contributed by atoms with Crippen molar-refractivity contribution >= 4 is 11.0 Å². The van der Waals surface area contributed by atoms with Gasteiger partial charge < -0.3 is 9.73 Å². The molecule has 1 N–H and O–H groups in total. The molecule has 1 aromatic heterocycles. The van der Waals surface area contributed by atoms with Gasteiger partial charge in [0, 0.05) is 10.9 Å². The fourth-order valence-electron chi connectivity index (χ4n) is 2.71. The van der Waals surface area contributed by atoms with Gasteiger partial charge in [-0.05, 0) is 30.4 Å². The average molecular weight is 273 g/mol. The summed E-state index contributed by atoms with van der Waals surface area (Å²) >= 11 is 0. The molecule has 0 amide bonds. The van der Waals surface area contributed by atoms with Crippen LogP contribution in [0.3, 0.4) is 0 Å². The topological polar surface area (TPSA) is 25.2 Å². The van der Waals surface area contributed by atoms with Gasteiger partial charge in [0.25, 0.3) is 0 Å². The van der Waals surface area contributed by atoms with E-state index in [0.717, 1.165) is 30.9 Å². The van der Waals surface area contributed by atoms with Gasteiger partial charge in [0.15, 0.2) is 0 Å². The summed E-state index contributed by atoms with van der Waals surface area (Å²) in [6.45, 7) is 12.9. The van der Waals surface area contributed by atoms with Crippen molar-refractivity contribution < 1.29 is 4.42 Å². The van der Waals surface area contributed by atoms with Crippen LogP contribution >= 0.6 is 0 Å². The summed E-state index contributed by atoms with van der Waals surface area (Å²) in [7, 11) is 0. The molecule has 2 rings (SSSR count). The molecular formula is C18H27NO. The van der Waals surface area contributed by atoms with Crippen LogP contribution in [0.25, 0.3) is 11.0 Å². The highest BCUT2D eigenvalue weighted by Crippen LogP contribution is 2.33. The van der Waals surface area contributed by atoms with E-state index in [4.69, 9.17) is 4.42 Å². The fourth-order valence-corrected chi connectivity index (χ4v) is 2.71. The quantitative estimate of drug-likeness (QED) is 0.812. The number of benzene rings is 1. The highest BCUT2D eigenvalue weighted by Gasteiger charge is 2.18. The van der Waals surface area contributed by atoms with E-state index in [2.05, 4.69) is 58.1 Å². The molecule has 110 valence electrons. The van der Waals surface area contributed by atoms with Gasteiger partial charge >= 0.3 is 0 Å². The SMILES string of the molecule is CCNCc1oc2c(C(C)C)cccc2c1CC(C)C. The number of nitrogens with one attached hydrogen (secondary N) is 1. The number of fused-ring (bicyclic) bond motifs is 1. The Morgan fingerprint density at radius 3 is 2.50 bits per heavy atom. The third-order valence-electron chi connectivity index (χ3n) is 3.70. The lowest BCUT2D eigenvalue weighted by Crippen LogP contribution is -2.12. The molecule has 0 bridgehead atoms. The van der Waals surface area contributed by atoms with E-state index in [9.17, 15) is 0 Å². The second-order valence-corrected chi connectivity index (χ2v) is 6.26. The summed E-state index contributed by atoms with van der Waals surface area (Å²) in [5.74, 6) is 2.24. The minimum atomic E-state index is 0.490. The molecule has 1 aromatic carbocycles.